The Hall–Kier alpha value is -0.660. The summed E-state index contributed by atoms with van der Waals surface area (Å²) in [6.45, 7) is 2.24. The summed E-state index contributed by atoms with van der Waals surface area (Å²) in [4.78, 5) is 12.1. The molecular weight excluding hydrogens is 232 g/mol. The van der Waals surface area contributed by atoms with Crippen LogP contribution in [0.1, 0.15) is 19.8 Å². The Morgan fingerprint density at radius 1 is 1.44 bits per heavy atom. The van der Waals surface area contributed by atoms with Crippen LogP contribution < -0.4 is 4.72 Å². The lowest BCUT2D eigenvalue weighted by Crippen LogP contribution is -2.39. The van der Waals surface area contributed by atoms with Gasteiger partial charge in [0.1, 0.15) is 0 Å². The first-order chi connectivity index (χ1) is 7.24. The van der Waals surface area contributed by atoms with Crippen molar-refractivity contribution in [1.29, 1.82) is 0 Å². The lowest BCUT2D eigenvalue weighted by Gasteiger charge is -2.19. The van der Waals surface area contributed by atoms with Gasteiger partial charge in [-0.05, 0) is 27.4 Å². The molecule has 0 aromatic heterocycles. The second-order valence-electron chi connectivity index (χ2n) is 3.98. The zero-order chi connectivity index (χ0) is 12.8. The molecule has 0 aliphatic carbocycles. The van der Waals surface area contributed by atoms with Crippen LogP contribution in [0.3, 0.4) is 0 Å². The molecule has 0 aromatic rings. The average molecular weight is 252 g/mol. The second-order valence-corrected chi connectivity index (χ2v) is 5.90. The quantitative estimate of drug-likeness (QED) is 0.620. The van der Waals surface area contributed by atoms with Crippen LogP contribution in [0.5, 0.6) is 0 Å². The molecule has 0 saturated carbocycles. The van der Waals surface area contributed by atoms with Crippen molar-refractivity contribution in [2.45, 2.75) is 25.8 Å². The Morgan fingerprint density at radius 2 is 2.00 bits per heavy atom. The Bertz CT molecular complexity index is 313. The normalized spacial score (nSPS) is 14.0. The first-order valence-corrected chi connectivity index (χ1v) is 6.75. The third-order valence-electron chi connectivity index (χ3n) is 2.28. The summed E-state index contributed by atoms with van der Waals surface area (Å²) in [7, 11) is 0.383. The third-order valence-corrected chi connectivity index (χ3v) is 3.72. The number of sulfonamides is 1. The number of hydrogen-bond acceptors (Lipinski definition) is 4. The molecule has 16 heavy (non-hydrogen) atoms. The lowest BCUT2D eigenvalue weighted by atomic mass is 10.3. The van der Waals surface area contributed by atoms with E-state index in [1.807, 2.05) is 25.9 Å². The fourth-order valence-electron chi connectivity index (χ4n) is 0.916. The fraction of sp³-hybridized carbons (Fsp3) is 0.889. The van der Waals surface area contributed by atoms with Gasteiger partial charge in [0.15, 0.2) is 0 Å². The Morgan fingerprint density at radius 3 is 2.44 bits per heavy atom. The standard InChI is InChI=1S/C9H20N2O4S/c1-8(11(2)3)7-10-16(14,15)6-4-5-9(12)13/h8,10H,4-7H2,1-3H3,(H,12,13). The number of nitrogens with zero attached hydrogens (tertiary/aromatic N) is 1. The number of hydrogen-bond donors (Lipinski definition) is 2. The monoisotopic (exact) mass is 252 g/mol. The zero-order valence-corrected chi connectivity index (χ0v) is 10.7. The highest BCUT2D eigenvalue weighted by atomic mass is 32.2. The molecule has 0 amide bonds. The highest BCUT2D eigenvalue weighted by Gasteiger charge is 2.13. The molecule has 0 spiro atoms. The highest BCUT2D eigenvalue weighted by molar-refractivity contribution is 7.89. The molecule has 0 bridgehead atoms. The van der Waals surface area contributed by atoms with Crippen LogP contribution in [0.4, 0.5) is 0 Å². The molecule has 0 rings (SSSR count). The van der Waals surface area contributed by atoms with Crippen LogP contribution in [0.15, 0.2) is 0 Å². The summed E-state index contributed by atoms with van der Waals surface area (Å²) in [5.74, 6) is -1.11. The molecule has 7 heteroatoms. The Kier molecular flexibility index (Phi) is 6.54. The molecule has 0 saturated heterocycles. The third kappa shape index (κ3) is 7.61. The van der Waals surface area contributed by atoms with E-state index in [1.54, 1.807) is 0 Å². The predicted octanol–water partition coefficient (Wildman–Crippen LogP) is -0.279. The summed E-state index contributed by atoms with van der Waals surface area (Å²) >= 11 is 0. The zero-order valence-electron chi connectivity index (χ0n) is 9.93. The van der Waals surface area contributed by atoms with E-state index in [2.05, 4.69) is 4.72 Å². The second kappa shape index (κ2) is 6.82. The van der Waals surface area contributed by atoms with Gasteiger partial charge in [0.2, 0.25) is 10.0 Å². The summed E-state index contributed by atoms with van der Waals surface area (Å²) in [6, 6.07) is 0.106. The van der Waals surface area contributed by atoms with E-state index in [9.17, 15) is 13.2 Å². The molecular formula is C9H20N2O4S. The topological polar surface area (TPSA) is 86.7 Å². The van der Waals surface area contributed by atoms with Crippen LogP contribution in [0.25, 0.3) is 0 Å². The number of nitrogens with one attached hydrogen (secondary N) is 1. The van der Waals surface area contributed by atoms with Gasteiger partial charge in [-0.1, -0.05) is 0 Å². The maximum atomic E-state index is 11.4. The molecule has 0 aromatic carbocycles. The van der Waals surface area contributed by atoms with Crippen LogP contribution >= 0.6 is 0 Å². The largest absolute Gasteiger partial charge is 0.481 e. The van der Waals surface area contributed by atoms with Crippen molar-refractivity contribution in [1.82, 2.24) is 9.62 Å². The lowest BCUT2D eigenvalue weighted by molar-refractivity contribution is -0.137. The maximum absolute atomic E-state index is 11.4. The maximum Gasteiger partial charge on any atom is 0.303 e. The van der Waals surface area contributed by atoms with Crippen molar-refractivity contribution in [3.63, 3.8) is 0 Å². The van der Waals surface area contributed by atoms with Gasteiger partial charge in [-0.3, -0.25) is 4.79 Å². The molecule has 6 nitrogen and oxygen atoms in total. The number of aliphatic carboxylic acids is 1. The van der Waals surface area contributed by atoms with E-state index < -0.39 is 16.0 Å². The summed E-state index contributed by atoms with van der Waals surface area (Å²) < 4.78 is 25.3. The smallest absolute Gasteiger partial charge is 0.303 e. The van der Waals surface area contributed by atoms with Crippen molar-refractivity contribution >= 4 is 16.0 Å². The summed E-state index contributed by atoms with van der Waals surface area (Å²) in [5.41, 5.74) is 0. The van der Waals surface area contributed by atoms with E-state index in [4.69, 9.17) is 5.11 Å². The number of rotatable bonds is 8. The first-order valence-electron chi connectivity index (χ1n) is 5.10. The van der Waals surface area contributed by atoms with Crippen molar-refractivity contribution in [2.24, 2.45) is 0 Å². The van der Waals surface area contributed by atoms with E-state index in [0.717, 1.165) is 0 Å². The molecule has 2 N–H and O–H groups in total. The summed E-state index contributed by atoms with van der Waals surface area (Å²) in [6.07, 6.45) is 0.0190. The predicted molar refractivity (Wildman–Crippen MR) is 61.8 cm³/mol. The minimum atomic E-state index is -3.35. The number of likely N-dealkylation sites (N-methyl/N-ethyl adjacent to an activating group) is 1. The fourth-order valence-corrected chi connectivity index (χ4v) is 2.08. The number of carboxylic acids is 1. The average Bonchev–Trinajstić information content (AvgIpc) is 2.13. The van der Waals surface area contributed by atoms with Crippen LogP contribution in [0.2, 0.25) is 0 Å². The SMILES string of the molecule is CC(CNS(=O)(=O)CCCC(=O)O)N(C)C. The minimum Gasteiger partial charge on any atom is -0.481 e. The number of carbonyl (C=O) groups is 1. The molecule has 96 valence electrons. The van der Waals surface area contributed by atoms with Gasteiger partial charge in [0.05, 0.1) is 5.75 Å². The molecule has 0 aliphatic rings. The van der Waals surface area contributed by atoms with Gasteiger partial charge in [0.25, 0.3) is 0 Å². The van der Waals surface area contributed by atoms with Crippen LogP contribution in [-0.4, -0.2) is 56.8 Å². The highest BCUT2D eigenvalue weighted by Crippen LogP contribution is 1.96. The molecule has 1 unspecified atom stereocenters. The Labute approximate surface area is 96.7 Å². The van der Waals surface area contributed by atoms with Gasteiger partial charge in [-0.25, -0.2) is 13.1 Å². The Balaban J connectivity index is 3.92. The minimum absolute atomic E-state index is 0.106. The van der Waals surface area contributed by atoms with Crippen molar-refractivity contribution in [2.75, 3.05) is 26.4 Å². The van der Waals surface area contributed by atoms with Crippen molar-refractivity contribution in [3.05, 3.63) is 0 Å². The molecule has 0 radical (unpaired) electrons. The van der Waals surface area contributed by atoms with Gasteiger partial charge in [0, 0.05) is 19.0 Å². The van der Waals surface area contributed by atoms with E-state index in [1.165, 1.54) is 0 Å². The van der Waals surface area contributed by atoms with Gasteiger partial charge < -0.3 is 10.0 Å². The number of carboxylic acid groups (broad SMARTS) is 1. The van der Waals surface area contributed by atoms with Gasteiger partial charge >= 0.3 is 5.97 Å². The van der Waals surface area contributed by atoms with E-state index in [0.29, 0.717) is 6.54 Å². The van der Waals surface area contributed by atoms with Gasteiger partial charge in [-0.2, -0.15) is 0 Å². The van der Waals surface area contributed by atoms with Crippen LogP contribution in [-0.2, 0) is 14.8 Å². The molecule has 0 aliphatic heterocycles. The van der Waals surface area contributed by atoms with E-state index in [-0.39, 0.29) is 24.6 Å². The molecule has 1 atom stereocenters. The molecule has 0 fully saturated rings. The van der Waals surface area contributed by atoms with Gasteiger partial charge in [-0.15, -0.1) is 0 Å². The summed E-state index contributed by atoms with van der Waals surface area (Å²) in [5, 5.41) is 8.38. The van der Waals surface area contributed by atoms with Crippen LogP contribution in [0, 0.1) is 0 Å². The van der Waals surface area contributed by atoms with E-state index >= 15 is 0 Å². The molecule has 0 heterocycles. The van der Waals surface area contributed by atoms with Crippen molar-refractivity contribution < 1.29 is 18.3 Å². The van der Waals surface area contributed by atoms with Crippen molar-refractivity contribution in [3.8, 4) is 0 Å². The first kappa shape index (κ1) is 15.3.